The van der Waals surface area contributed by atoms with Crippen LogP contribution in [0, 0.1) is 5.82 Å². The zero-order valence-corrected chi connectivity index (χ0v) is 22.7. The van der Waals surface area contributed by atoms with E-state index in [1.54, 1.807) is 18.2 Å². The van der Waals surface area contributed by atoms with Crippen LogP contribution in [-0.4, -0.2) is 60.1 Å². The molecule has 2 amide bonds. The Morgan fingerprint density at radius 3 is 2.84 bits per heavy atom. The molecule has 4 rings (SSSR count). The van der Waals surface area contributed by atoms with Crippen molar-refractivity contribution in [2.75, 3.05) is 32.2 Å². The normalized spacial score (nSPS) is 18.8. The first kappa shape index (κ1) is 27.7. The maximum absolute atomic E-state index is 14.9. The molecular formula is C25H25BrClFN5O5+. The predicted molar refractivity (Wildman–Crippen MR) is 145 cm³/mol. The van der Waals surface area contributed by atoms with Gasteiger partial charge in [0, 0.05) is 48.0 Å². The summed E-state index contributed by atoms with van der Waals surface area (Å²) in [5.41, 5.74) is 0.924. The Morgan fingerprint density at radius 2 is 2.13 bits per heavy atom. The van der Waals surface area contributed by atoms with Gasteiger partial charge in [0.15, 0.2) is 23.4 Å². The van der Waals surface area contributed by atoms with Crippen molar-refractivity contribution in [2.24, 2.45) is 0 Å². The molecular weight excluding hydrogens is 585 g/mol. The number of carboxylic acid groups (broad SMARTS) is 1. The molecule has 1 aliphatic rings. The van der Waals surface area contributed by atoms with Gasteiger partial charge in [-0.1, -0.05) is 18.2 Å². The lowest BCUT2D eigenvalue weighted by Gasteiger charge is -2.36. The summed E-state index contributed by atoms with van der Waals surface area (Å²) in [6.07, 6.45) is 1.42. The Labute approximate surface area is 231 Å². The van der Waals surface area contributed by atoms with Crippen molar-refractivity contribution < 1.29 is 28.6 Å². The van der Waals surface area contributed by atoms with E-state index in [2.05, 4.69) is 43.1 Å². The molecule has 1 aromatic heterocycles. The second-order valence-corrected chi connectivity index (χ2v) is 9.72. The Kier molecular flexibility index (Phi) is 8.46. The van der Waals surface area contributed by atoms with Gasteiger partial charge in [-0.15, -0.1) is 0 Å². The lowest BCUT2D eigenvalue weighted by molar-refractivity contribution is -0.126. The zero-order valence-electron chi connectivity index (χ0n) is 20.3. The van der Waals surface area contributed by atoms with Gasteiger partial charge in [0.2, 0.25) is 0 Å². The van der Waals surface area contributed by atoms with Gasteiger partial charge >= 0.3 is 12.0 Å². The summed E-state index contributed by atoms with van der Waals surface area (Å²) >= 11 is 9.26. The quantitative estimate of drug-likeness (QED) is 0.128. The predicted octanol–water partition coefficient (Wildman–Crippen LogP) is 5.36. The van der Waals surface area contributed by atoms with E-state index in [4.69, 9.17) is 21.1 Å². The number of methoxy groups -OCH3 is 1. The minimum Gasteiger partial charge on any atom is -0.485 e. The maximum atomic E-state index is 14.9. The van der Waals surface area contributed by atoms with Gasteiger partial charge in [-0.2, -0.15) is 0 Å². The minimum atomic E-state index is -1.26. The number of rotatable bonds is 9. The van der Waals surface area contributed by atoms with E-state index in [0.29, 0.717) is 46.2 Å². The molecule has 3 N–H and O–H groups in total. The van der Waals surface area contributed by atoms with Crippen LogP contribution in [0.2, 0.25) is 5.02 Å². The van der Waals surface area contributed by atoms with Gasteiger partial charge in [-0.05, 0) is 28.1 Å². The van der Waals surface area contributed by atoms with Crippen molar-refractivity contribution in [3.8, 4) is 5.75 Å². The number of carbonyl (C=O) groups is 2. The summed E-state index contributed by atoms with van der Waals surface area (Å²) in [5, 5.41) is 15.3. The first-order valence-electron chi connectivity index (χ1n) is 11.6. The van der Waals surface area contributed by atoms with E-state index in [1.165, 1.54) is 25.6 Å². The van der Waals surface area contributed by atoms with Crippen LogP contribution in [0.15, 0.2) is 47.7 Å². The topological polar surface area (TPSA) is 123 Å². The number of quaternary nitrogens is 1. The number of anilines is 2. The third-order valence-electron chi connectivity index (χ3n) is 6.36. The van der Waals surface area contributed by atoms with E-state index in [9.17, 15) is 19.1 Å². The number of likely N-dealkylation sites (tertiary alicyclic amines) is 1. The molecule has 1 aliphatic heterocycles. The number of carbonyl (C=O) groups excluding carboxylic acids is 1. The van der Waals surface area contributed by atoms with Crippen molar-refractivity contribution in [1.82, 2.24) is 19.8 Å². The van der Waals surface area contributed by atoms with Gasteiger partial charge in [0.25, 0.3) is 0 Å². The van der Waals surface area contributed by atoms with E-state index in [1.807, 2.05) is 0 Å². The highest BCUT2D eigenvalue weighted by atomic mass is 79.9. The average Bonchev–Trinajstić information content (AvgIpc) is 3.31. The third kappa shape index (κ3) is 5.17. The van der Waals surface area contributed by atoms with Crippen LogP contribution in [0.3, 0.4) is 0 Å². The molecule has 2 heterocycles. The number of aromatic nitrogens is 2. The Hall–Kier alpha value is -3.32. The van der Waals surface area contributed by atoms with Crippen molar-refractivity contribution in [2.45, 2.75) is 19.0 Å². The molecule has 10 nitrogen and oxygen atoms in total. The number of halogens is 3. The number of benzene rings is 2. The van der Waals surface area contributed by atoms with Gasteiger partial charge in [0.1, 0.15) is 18.8 Å². The molecule has 1 saturated heterocycles. The van der Waals surface area contributed by atoms with Crippen LogP contribution in [0.25, 0.3) is 10.9 Å². The Balaban J connectivity index is 1.93. The summed E-state index contributed by atoms with van der Waals surface area (Å²) < 4.78 is 26.0. The van der Waals surface area contributed by atoms with Crippen LogP contribution in [-0.2, 0) is 9.53 Å². The third-order valence-corrected chi connectivity index (χ3v) is 7.62. The summed E-state index contributed by atoms with van der Waals surface area (Å²) in [5.74, 6) is -0.507. The summed E-state index contributed by atoms with van der Waals surface area (Å²) in [4.78, 5) is 33.7. The van der Waals surface area contributed by atoms with Gasteiger partial charge in [-0.3, -0.25) is 5.32 Å². The van der Waals surface area contributed by atoms with Crippen molar-refractivity contribution in [1.29, 1.82) is 0 Å². The monoisotopic (exact) mass is 608 g/mol. The molecule has 0 saturated carbocycles. The van der Waals surface area contributed by atoms with Crippen LogP contribution in [0.4, 0.5) is 26.4 Å². The molecule has 2 unspecified atom stereocenters. The number of hydrogen-bond donors (Lipinski definition) is 3. The summed E-state index contributed by atoms with van der Waals surface area (Å²) in [6.45, 7) is 4.42. The number of nitrogens with zero attached hydrogens (tertiary/aromatic N) is 3. The molecule has 2 atom stereocenters. The fourth-order valence-corrected chi connectivity index (χ4v) is 5.12. The molecule has 2 aromatic carbocycles. The Morgan fingerprint density at radius 1 is 1.34 bits per heavy atom. The molecule has 3 aromatic rings. The molecule has 13 heteroatoms. The zero-order chi connectivity index (χ0) is 27.4. The van der Waals surface area contributed by atoms with Crippen molar-refractivity contribution >= 4 is 67.6 Å². The largest absolute Gasteiger partial charge is 0.485 e. The molecule has 1 fully saturated rings. The van der Waals surface area contributed by atoms with Crippen LogP contribution in [0.1, 0.15) is 12.8 Å². The number of hydrogen-bond acceptors (Lipinski definition) is 7. The second-order valence-electron chi connectivity index (χ2n) is 8.49. The number of fused-ring (bicyclic) bond motifs is 1. The maximum Gasteiger partial charge on any atom is 0.409 e. The molecule has 38 heavy (non-hydrogen) atoms. The molecule has 0 bridgehead atoms. The number of ether oxygens (including phenoxy) is 2. The minimum absolute atomic E-state index is 0.0813. The molecule has 200 valence electrons. The van der Waals surface area contributed by atoms with Crippen molar-refractivity contribution in [3.63, 3.8) is 0 Å². The smallest absolute Gasteiger partial charge is 0.409 e. The fourth-order valence-electron chi connectivity index (χ4n) is 4.65. The van der Waals surface area contributed by atoms with E-state index in [-0.39, 0.29) is 34.2 Å². The van der Waals surface area contributed by atoms with Crippen molar-refractivity contribution in [3.05, 3.63) is 58.6 Å². The highest BCUT2D eigenvalue weighted by Crippen LogP contribution is 2.44. The van der Waals surface area contributed by atoms with E-state index < -0.39 is 24.0 Å². The average molecular weight is 610 g/mol. The SMILES string of the molecule is C=CC(=O)[N+]1(c2cc3c(Nc4ccc(Br)c(Cl)c4F)ncnc3cc2OCCOC)CCCC1NC(=O)O. The van der Waals surface area contributed by atoms with Gasteiger partial charge in [-0.25, -0.2) is 28.4 Å². The van der Waals surface area contributed by atoms with Gasteiger partial charge < -0.3 is 19.9 Å². The summed E-state index contributed by atoms with van der Waals surface area (Å²) in [6, 6.07) is 6.41. The van der Waals surface area contributed by atoms with Crippen LogP contribution in [0.5, 0.6) is 5.75 Å². The summed E-state index contributed by atoms with van der Waals surface area (Å²) in [7, 11) is 1.53. The molecule has 0 radical (unpaired) electrons. The first-order chi connectivity index (χ1) is 18.2. The highest BCUT2D eigenvalue weighted by molar-refractivity contribution is 9.10. The highest BCUT2D eigenvalue weighted by Gasteiger charge is 2.51. The fraction of sp³-hybridized carbons (Fsp3) is 0.280. The van der Waals surface area contributed by atoms with E-state index >= 15 is 0 Å². The molecule has 0 spiro atoms. The molecule has 0 aliphatic carbocycles. The standard InChI is InChI=1S/C25H24BrClFN5O5/c1-3-21(34)33(8-4-5-20(33)32-25(35)36)18-11-14-17(12-19(18)38-10-9-37-2)29-13-30-24(14)31-16-7-6-15(26)22(27)23(16)28/h3,6-7,11-13,20,32H,1,4-5,8-10H2,2H3,(H-,29,30,31,35,36)/p+1. The number of amides is 2. The lowest BCUT2D eigenvalue weighted by atomic mass is 10.1. The first-order valence-corrected chi connectivity index (χ1v) is 12.8. The second kappa shape index (κ2) is 11.6. The Bertz CT molecular complexity index is 1410. The van der Waals surface area contributed by atoms with Gasteiger partial charge in [0.05, 0.1) is 29.4 Å². The van der Waals surface area contributed by atoms with Crippen LogP contribution >= 0.6 is 27.5 Å². The number of nitrogens with one attached hydrogen (secondary N) is 2. The lowest BCUT2D eigenvalue weighted by Crippen LogP contribution is -2.62. The van der Waals surface area contributed by atoms with Crippen LogP contribution < -0.4 is 19.9 Å². The van der Waals surface area contributed by atoms with E-state index in [0.717, 1.165) is 0 Å².